The van der Waals surface area contributed by atoms with Gasteiger partial charge >= 0.3 is 11.8 Å². The number of nitrogens with one attached hydrogen (secondary N) is 3. The summed E-state index contributed by atoms with van der Waals surface area (Å²) in [6.07, 6.45) is 6.59. The maximum absolute atomic E-state index is 12.7. The first-order valence-electron chi connectivity index (χ1n) is 10.8. The maximum Gasteiger partial charge on any atom is 0.329 e. The number of methoxy groups -OCH3 is 2. The van der Waals surface area contributed by atoms with Crippen molar-refractivity contribution in [2.75, 3.05) is 19.5 Å². The van der Waals surface area contributed by atoms with Gasteiger partial charge in [0, 0.05) is 11.6 Å². The van der Waals surface area contributed by atoms with Crippen molar-refractivity contribution in [1.82, 2.24) is 10.7 Å². The highest BCUT2D eigenvalue weighted by molar-refractivity contribution is 6.40. The Kier molecular flexibility index (Phi) is 8.40. The molecule has 9 heteroatoms. The zero-order valence-electron chi connectivity index (χ0n) is 18.7. The van der Waals surface area contributed by atoms with Crippen LogP contribution in [0.5, 0.6) is 11.5 Å². The number of rotatable bonds is 7. The van der Waals surface area contributed by atoms with Crippen molar-refractivity contribution >= 4 is 29.6 Å². The zero-order chi connectivity index (χ0) is 23.6. The van der Waals surface area contributed by atoms with E-state index in [4.69, 9.17) is 9.47 Å². The minimum Gasteiger partial charge on any atom is -0.497 e. The van der Waals surface area contributed by atoms with Crippen LogP contribution in [0.3, 0.4) is 0 Å². The van der Waals surface area contributed by atoms with Crippen LogP contribution in [0.2, 0.25) is 0 Å². The number of carbonyl (C=O) groups excluding carboxylic acids is 3. The Bertz CT molecular complexity index is 1030. The Morgan fingerprint density at radius 1 is 0.970 bits per heavy atom. The lowest BCUT2D eigenvalue weighted by atomic mass is 9.95. The van der Waals surface area contributed by atoms with Crippen molar-refractivity contribution in [2.24, 2.45) is 5.10 Å². The first-order chi connectivity index (χ1) is 16.0. The number of benzene rings is 2. The molecule has 33 heavy (non-hydrogen) atoms. The van der Waals surface area contributed by atoms with Gasteiger partial charge in [-0.15, -0.1) is 0 Å². The molecule has 174 valence electrons. The van der Waals surface area contributed by atoms with Gasteiger partial charge in [0.25, 0.3) is 5.91 Å². The second kappa shape index (κ2) is 11.7. The van der Waals surface area contributed by atoms with Crippen molar-refractivity contribution in [1.29, 1.82) is 0 Å². The number of anilines is 1. The minimum atomic E-state index is -0.976. The monoisotopic (exact) mass is 452 g/mol. The number of hydrogen-bond donors (Lipinski definition) is 3. The predicted molar refractivity (Wildman–Crippen MR) is 125 cm³/mol. The highest BCUT2D eigenvalue weighted by Crippen LogP contribution is 2.22. The summed E-state index contributed by atoms with van der Waals surface area (Å²) in [5.74, 6) is -1.08. The smallest absolute Gasteiger partial charge is 0.329 e. The predicted octanol–water partition coefficient (Wildman–Crippen LogP) is 2.86. The molecule has 0 spiro atoms. The van der Waals surface area contributed by atoms with Crippen LogP contribution < -0.4 is 25.5 Å². The molecule has 1 aliphatic carbocycles. The van der Waals surface area contributed by atoms with E-state index in [1.165, 1.54) is 26.9 Å². The maximum atomic E-state index is 12.7. The molecule has 1 aliphatic rings. The minimum absolute atomic E-state index is 0.126. The summed E-state index contributed by atoms with van der Waals surface area (Å²) in [6.45, 7) is 0. The third-order valence-electron chi connectivity index (χ3n) is 5.37. The Morgan fingerprint density at radius 2 is 1.73 bits per heavy atom. The largest absolute Gasteiger partial charge is 0.497 e. The third kappa shape index (κ3) is 6.55. The van der Waals surface area contributed by atoms with Crippen molar-refractivity contribution in [2.45, 2.75) is 38.1 Å². The molecular formula is C24H28N4O5. The van der Waals surface area contributed by atoms with E-state index < -0.39 is 11.8 Å². The van der Waals surface area contributed by atoms with Gasteiger partial charge in [0.1, 0.15) is 11.5 Å². The van der Waals surface area contributed by atoms with Crippen LogP contribution in [0.4, 0.5) is 5.69 Å². The van der Waals surface area contributed by atoms with Gasteiger partial charge in [0.2, 0.25) is 0 Å². The Balaban J connectivity index is 1.61. The molecule has 3 amide bonds. The highest BCUT2D eigenvalue weighted by Gasteiger charge is 2.20. The summed E-state index contributed by atoms with van der Waals surface area (Å²) in [5.41, 5.74) is 3.29. The van der Waals surface area contributed by atoms with E-state index in [1.807, 2.05) is 0 Å². The SMILES string of the molecule is COc1ccc(OC)c(C=NNC(=O)C(=O)Nc2ccccc2C(=O)NC2CCCCC2)c1. The highest BCUT2D eigenvalue weighted by atomic mass is 16.5. The molecule has 1 saturated carbocycles. The fourth-order valence-electron chi connectivity index (χ4n) is 3.63. The van der Waals surface area contributed by atoms with Crippen LogP contribution in [0.25, 0.3) is 0 Å². The second-order valence-corrected chi connectivity index (χ2v) is 7.62. The zero-order valence-corrected chi connectivity index (χ0v) is 18.7. The molecule has 3 N–H and O–H groups in total. The van der Waals surface area contributed by atoms with E-state index in [0.29, 0.717) is 22.6 Å². The van der Waals surface area contributed by atoms with E-state index in [0.717, 1.165) is 25.7 Å². The molecule has 0 radical (unpaired) electrons. The molecule has 0 heterocycles. The Labute approximate surface area is 192 Å². The average molecular weight is 453 g/mol. The lowest BCUT2D eigenvalue weighted by Crippen LogP contribution is -2.37. The lowest BCUT2D eigenvalue weighted by Gasteiger charge is -2.23. The summed E-state index contributed by atoms with van der Waals surface area (Å²) >= 11 is 0. The fourth-order valence-corrected chi connectivity index (χ4v) is 3.63. The Hall–Kier alpha value is -3.88. The van der Waals surface area contributed by atoms with Crippen molar-refractivity contribution in [3.8, 4) is 11.5 Å². The van der Waals surface area contributed by atoms with E-state index in [9.17, 15) is 14.4 Å². The number of nitrogens with zero attached hydrogens (tertiary/aromatic N) is 1. The molecule has 3 rings (SSSR count). The molecule has 0 unspecified atom stereocenters. The van der Waals surface area contributed by atoms with E-state index in [1.54, 1.807) is 42.5 Å². The first kappa shape index (κ1) is 23.8. The molecule has 2 aromatic carbocycles. The van der Waals surface area contributed by atoms with Crippen molar-refractivity contribution in [3.05, 3.63) is 53.6 Å². The topological polar surface area (TPSA) is 118 Å². The van der Waals surface area contributed by atoms with Crippen molar-refractivity contribution < 1.29 is 23.9 Å². The molecule has 0 aromatic heterocycles. The van der Waals surface area contributed by atoms with Crippen molar-refractivity contribution in [3.63, 3.8) is 0 Å². The molecule has 1 fully saturated rings. The Morgan fingerprint density at radius 3 is 2.45 bits per heavy atom. The summed E-state index contributed by atoms with van der Waals surface area (Å²) in [4.78, 5) is 37.3. The van der Waals surface area contributed by atoms with E-state index in [2.05, 4.69) is 21.2 Å². The van der Waals surface area contributed by atoms with Gasteiger partial charge in [-0.05, 0) is 43.2 Å². The molecule has 0 atom stereocenters. The number of para-hydroxylation sites is 1. The number of carbonyl (C=O) groups is 3. The quantitative estimate of drug-likeness (QED) is 0.339. The van der Waals surface area contributed by atoms with Crippen LogP contribution in [0.1, 0.15) is 48.0 Å². The summed E-state index contributed by atoms with van der Waals surface area (Å²) < 4.78 is 10.4. The van der Waals surface area contributed by atoms with Gasteiger partial charge in [-0.2, -0.15) is 5.10 Å². The summed E-state index contributed by atoms with van der Waals surface area (Å²) in [7, 11) is 3.04. The molecule has 0 bridgehead atoms. The molecular weight excluding hydrogens is 424 g/mol. The van der Waals surface area contributed by atoms with Gasteiger partial charge in [-0.3, -0.25) is 14.4 Å². The van der Waals surface area contributed by atoms with Gasteiger partial charge < -0.3 is 20.1 Å². The fraction of sp³-hybridized carbons (Fsp3) is 0.333. The van der Waals surface area contributed by atoms with Gasteiger partial charge in [0.15, 0.2) is 0 Å². The molecule has 0 saturated heterocycles. The van der Waals surface area contributed by atoms with Crippen LogP contribution in [0, 0.1) is 0 Å². The van der Waals surface area contributed by atoms with Crippen LogP contribution >= 0.6 is 0 Å². The second-order valence-electron chi connectivity index (χ2n) is 7.62. The first-order valence-corrected chi connectivity index (χ1v) is 10.8. The standard InChI is InChI=1S/C24H28N4O5/c1-32-18-12-13-21(33-2)16(14-18)15-25-28-24(31)23(30)27-20-11-7-6-10-19(20)22(29)26-17-8-4-3-5-9-17/h6-7,10-15,17H,3-5,8-9H2,1-2H3,(H,26,29)(H,27,30)(H,28,31). The van der Waals surface area contributed by atoms with Gasteiger partial charge in [0.05, 0.1) is 31.7 Å². The van der Waals surface area contributed by atoms with E-state index in [-0.39, 0.29) is 17.6 Å². The summed E-state index contributed by atoms with van der Waals surface area (Å²) in [5, 5.41) is 9.32. The number of ether oxygens (including phenoxy) is 2. The van der Waals surface area contributed by atoms with Gasteiger partial charge in [-0.1, -0.05) is 31.4 Å². The van der Waals surface area contributed by atoms with Gasteiger partial charge in [-0.25, -0.2) is 5.43 Å². The molecule has 9 nitrogen and oxygen atoms in total. The molecule has 2 aromatic rings. The third-order valence-corrected chi connectivity index (χ3v) is 5.37. The number of hydrogen-bond acceptors (Lipinski definition) is 6. The van der Waals surface area contributed by atoms with Crippen LogP contribution in [0.15, 0.2) is 47.6 Å². The average Bonchev–Trinajstić information content (AvgIpc) is 2.84. The number of amides is 3. The van der Waals surface area contributed by atoms with Crippen LogP contribution in [-0.4, -0.2) is 44.2 Å². The normalized spacial score (nSPS) is 13.9. The molecule has 0 aliphatic heterocycles. The summed E-state index contributed by atoms with van der Waals surface area (Å²) in [6, 6.07) is 11.8. The van der Waals surface area contributed by atoms with Crippen LogP contribution in [-0.2, 0) is 9.59 Å². The number of hydrazone groups is 1. The van der Waals surface area contributed by atoms with E-state index >= 15 is 0 Å². The lowest BCUT2D eigenvalue weighted by molar-refractivity contribution is -0.136.